The summed E-state index contributed by atoms with van der Waals surface area (Å²) >= 11 is 0. The van der Waals surface area contributed by atoms with Crippen molar-refractivity contribution in [3.8, 4) is 16.8 Å². The summed E-state index contributed by atoms with van der Waals surface area (Å²) in [6.45, 7) is 3.47. The SMILES string of the molecule is CC(=O)Nc1c(-c2ccc(F)cc2)c(C)nn1-c1ccc(C(=O)NCc2ccc(F)cc2)cc1. The van der Waals surface area contributed by atoms with Crippen LogP contribution in [0, 0.1) is 18.6 Å². The van der Waals surface area contributed by atoms with Crippen molar-refractivity contribution >= 4 is 17.6 Å². The van der Waals surface area contributed by atoms with Crippen LogP contribution in [0.4, 0.5) is 14.6 Å². The molecule has 0 radical (unpaired) electrons. The van der Waals surface area contributed by atoms with Gasteiger partial charge in [-0.1, -0.05) is 24.3 Å². The molecular weight excluding hydrogens is 438 g/mol. The number of aryl methyl sites for hydroxylation is 1. The van der Waals surface area contributed by atoms with Crippen LogP contribution in [0.1, 0.15) is 28.5 Å². The zero-order valence-corrected chi connectivity index (χ0v) is 18.6. The largest absolute Gasteiger partial charge is 0.348 e. The minimum atomic E-state index is -0.358. The third-order valence-electron chi connectivity index (χ3n) is 5.23. The summed E-state index contributed by atoms with van der Waals surface area (Å²) in [6.07, 6.45) is 0. The van der Waals surface area contributed by atoms with E-state index in [-0.39, 0.29) is 30.0 Å². The second-order valence-electron chi connectivity index (χ2n) is 7.76. The second kappa shape index (κ2) is 9.66. The van der Waals surface area contributed by atoms with E-state index >= 15 is 0 Å². The molecule has 6 nitrogen and oxygen atoms in total. The van der Waals surface area contributed by atoms with Gasteiger partial charge in [0.05, 0.1) is 11.4 Å². The first kappa shape index (κ1) is 22.8. The average molecular weight is 460 g/mol. The fraction of sp³-hybridized carbons (Fsp3) is 0.115. The molecule has 1 heterocycles. The smallest absolute Gasteiger partial charge is 0.251 e. The molecule has 0 saturated heterocycles. The van der Waals surface area contributed by atoms with Crippen molar-refractivity contribution in [3.05, 3.63) is 101 Å². The van der Waals surface area contributed by atoms with Gasteiger partial charge in [0.1, 0.15) is 17.5 Å². The van der Waals surface area contributed by atoms with E-state index in [0.29, 0.717) is 33.9 Å². The van der Waals surface area contributed by atoms with Crippen LogP contribution in [-0.4, -0.2) is 21.6 Å². The molecule has 0 bridgehead atoms. The second-order valence-corrected chi connectivity index (χ2v) is 7.76. The highest BCUT2D eigenvalue weighted by Gasteiger charge is 2.19. The molecule has 0 atom stereocenters. The Balaban J connectivity index is 1.59. The molecular formula is C26H22F2N4O2. The molecule has 0 unspecified atom stereocenters. The minimum Gasteiger partial charge on any atom is -0.348 e. The normalized spacial score (nSPS) is 10.7. The predicted molar refractivity (Wildman–Crippen MR) is 126 cm³/mol. The lowest BCUT2D eigenvalue weighted by atomic mass is 10.1. The lowest BCUT2D eigenvalue weighted by molar-refractivity contribution is -0.114. The number of hydrogen-bond acceptors (Lipinski definition) is 3. The highest BCUT2D eigenvalue weighted by Crippen LogP contribution is 2.33. The number of amides is 2. The highest BCUT2D eigenvalue weighted by atomic mass is 19.1. The molecule has 172 valence electrons. The van der Waals surface area contributed by atoms with Crippen LogP contribution in [0.15, 0.2) is 72.8 Å². The van der Waals surface area contributed by atoms with Crippen molar-refractivity contribution in [2.24, 2.45) is 0 Å². The summed E-state index contributed by atoms with van der Waals surface area (Å²) in [4.78, 5) is 24.4. The summed E-state index contributed by atoms with van der Waals surface area (Å²) < 4.78 is 28.0. The maximum atomic E-state index is 13.4. The number of nitrogens with one attached hydrogen (secondary N) is 2. The Kier molecular flexibility index (Phi) is 6.49. The minimum absolute atomic E-state index is 0.271. The molecule has 0 spiro atoms. The van der Waals surface area contributed by atoms with Crippen molar-refractivity contribution in [1.29, 1.82) is 0 Å². The van der Waals surface area contributed by atoms with Crippen molar-refractivity contribution in [2.75, 3.05) is 5.32 Å². The van der Waals surface area contributed by atoms with Crippen LogP contribution < -0.4 is 10.6 Å². The zero-order chi connectivity index (χ0) is 24.2. The lowest BCUT2D eigenvalue weighted by Crippen LogP contribution is -2.22. The van der Waals surface area contributed by atoms with E-state index in [9.17, 15) is 18.4 Å². The molecule has 0 fully saturated rings. The van der Waals surface area contributed by atoms with E-state index in [0.717, 1.165) is 5.56 Å². The van der Waals surface area contributed by atoms with Gasteiger partial charge in [-0.3, -0.25) is 9.59 Å². The van der Waals surface area contributed by atoms with Crippen LogP contribution in [0.5, 0.6) is 0 Å². The van der Waals surface area contributed by atoms with Gasteiger partial charge in [0.2, 0.25) is 5.91 Å². The highest BCUT2D eigenvalue weighted by molar-refractivity contribution is 5.95. The number of halogens is 2. The number of benzene rings is 3. The average Bonchev–Trinajstić information content (AvgIpc) is 3.14. The van der Waals surface area contributed by atoms with Gasteiger partial charge in [0, 0.05) is 24.6 Å². The fourth-order valence-electron chi connectivity index (χ4n) is 3.60. The molecule has 0 aliphatic heterocycles. The van der Waals surface area contributed by atoms with E-state index in [2.05, 4.69) is 15.7 Å². The Morgan fingerprint density at radius 3 is 2.06 bits per heavy atom. The molecule has 1 aromatic heterocycles. The van der Waals surface area contributed by atoms with Gasteiger partial charge in [-0.2, -0.15) is 5.10 Å². The van der Waals surface area contributed by atoms with Crippen LogP contribution >= 0.6 is 0 Å². The Morgan fingerprint density at radius 1 is 0.882 bits per heavy atom. The Labute approximate surface area is 195 Å². The third-order valence-corrected chi connectivity index (χ3v) is 5.23. The van der Waals surface area contributed by atoms with E-state index < -0.39 is 0 Å². The van der Waals surface area contributed by atoms with Crippen molar-refractivity contribution in [2.45, 2.75) is 20.4 Å². The van der Waals surface area contributed by atoms with Gasteiger partial charge in [0.15, 0.2) is 0 Å². The maximum absolute atomic E-state index is 13.4. The first-order valence-electron chi connectivity index (χ1n) is 10.6. The van der Waals surface area contributed by atoms with Gasteiger partial charge in [-0.05, 0) is 66.6 Å². The number of carbonyl (C=O) groups excluding carboxylic acids is 2. The summed E-state index contributed by atoms with van der Waals surface area (Å²) in [5, 5.41) is 10.2. The number of aromatic nitrogens is 2. The molecule has 2 N–H and O–H groups in total. The number of rotatable bonds is 6. The first-order chi connectivity index (χ1) is 16.3. The van der Waals surface area contributed by atoms with Gasteiger partial charge in [-0.25, -0.2) is 13.5 Å². The first-order valence-corrected chi connectivity index (χ1v) is 10.6. The molecule has 4 rings (SSSR count). The van der Waals surface area contributed by atoms with E-state index in [1.807, 2.05) is 0 Å². The lowest BCUT2D eigenvalue weighted by Gasteiger charge is -2.11. The topological polar surface area (TPSA) is 76.0 Å². The Bertz CT molecular complexity index is 1330. The summed E-state index contributed by atoms with van der Waals surface area (Å²) in [6, 6.07) is 18.6. The molecule has 0 saturated carbocycles. The van der Waals surface area contributed by atoms with Gasteiger partial charge in [-0.15, -0.1) is 0 Å². The van der Waals surface area contributed by atoms with Crippen LogP contribution in [0.3, 0.4) is 0 Å². The van der Waals surface area contributed by atoms with Crippen molar-refractivity contribution < 1.29 is 18.4 Å². The molecule has 4 aromatic rings. The summed E-state index contributed by atoms with van der Waals surface area (Å²) in [5.74, 6) is -0.795. The van der Waals surface area contributed by atoms with Crippen LogP contribution in [0.25, 0.3) is 16.8 Å². The maximum Gasteiger partial charge on any atom is 0.251 e. The van der Waals surface area contributed by atoms with Gasteiger partial charge in [0.25, 0.3) is 5.91 Å². The number of anilines is 1. The van der Waals surface area contributed by atoms with Crippen LogP contribution in [0.2, 0.25) is 0 Å². The quantitative estimate of drug-likeness (QED) is 0.425. The monoisotopic (exact) mass is 460 g/mol. The Hall–Kier alpha value is -4.33. The standard InChI is InChI=1S/C26H22F2N4O2/c1-16-24(19-5-11-22(28)12-6-19)25(30-17(2)33)32(31-16)23-13-7-20(8-14-23)26(34)29-15-18-3-9-21(27)10-4-18/h3-14H,15H2,1-2H3,(H,29,34)(H,30,33). The number of carbonyl (C=O) groups is 2. The molecule has 0 aliphatic rings. The van der Waals surface area contributed by atoms with Crippen molar-refractivity contribution in [3.63, 3.8) is 0 Å². The van der Waals surface area contributed by atoms with E-state index in [1.54, 1.807) is 60.1 Å². The molecule has 3 aromatic carbocycles. The molecule has 34 heavy (non-hydrogen) atoms. The summed E-state index contributed by atoms with van der Waals surface area (Å²) in [5.41, 5.74) is 3.90. The molecule has 2 amide bonds. The van der Waals surface area contributed by atoms with E-state index in [1.165, 1.54) is 31.2 Å². The zero-order valence-electron chi connectivity index (χ0n) is 18.6. The van der Waals surface area contributed by atoms with Crippen LogP contribution in [-0.2, 0) is 11.3 Å². The van der Waals surface area contributed by atoms with E-state index in [4.69, 9.17) is 0 Å². The molecule has 0 aliphatic carbocycles. The fourth-order valence-corrected chi connectivity index (χ4v) is 3.60. The Morgan fingerprint density at radius 2 is 1.47 bits per heavy atom. The molecule has 8 heteroatoms. The third kappa shape index (κ3) is 5.01. The number of nitrogens with zero attached hydrogens (tertiary/aromatic N) is 2. The van der Waals surface area contributed by atoms with Gasteiger partial charge >= 0.3 is 0 Å². The number of hydrogen-bond donors (Lipinski definition) is 2. The van der Waals surface area contributed by atoms with Gasteiger partial charge < -0.3 is 10.6 Å². The van der Waals surface area contributed by atoms with Crippen molar-refractivity contribution in [1.82, 2.24) is 15.1 Å². The predicted octanol–water partition coefficient (Wildman–Crippen LogP) is 5.01. The summed E-state index contributed by atoms with van der Waals surface area (Å²) in [7, 11) is 0.